The number of aryl methyl sites for hydroxylation is 2. The molecule has 0 saturated carbocycles. The van der Waals surface area contributed by atoms with Gasteiger partial charge in [-0.25, -0.2) is 0 Å². The van der Waals surface area contributed by atoms with E-state index in [0.29, 0.717) is 10.3 Å². The number of rotatable bonds is 6. The van der Waals surface area contributed by atoms with Gasteiger partial charge in [0.15, 0.2) is 0 Å². The van der Waals surface area contributed by atoms with Crippen LogP contribution < -0.4 is 4.57 Å². The summed E-state index contributed by atoms with van der Waals surface area (Å²) in [6, 6.07) is 0. The maximum Gasteiger partial charge on any atom is 0.206 e. The molecule has 0 aromatic carbocycles. The second-order valence-electron chi connectivity index (χ2n) is 3.69. The van der Waals surface area contributed by atoms with Gasteiger partial charge in [0.1, 0.15) is 0 Å². The minimum absolute atomic E-state index is 0.612. The lowest BCUT2D eigenvalue weighted by Crippen LogP contribution is -2.33. The van der Waals surface area contributed by atoms with Gasteiger partial charge in [0.2, 0.25) is 6.33 Å². The highest BCUT2D eigenvalue weighted by Crippen LogP contribution is 2.18. The number of halogens is 2. The summed E-state index contributed by atoms with van der Waals surface area (Å²) in [4.78, 5) is 0. The van der Waals surface area contributed by atoms with Crippen molar-refractivity contribution in [1.29, 1.82) is 0 Å². The van der Waals surface area contributed by atoms with Crippen LogP contribution in [-0.4, -0.2) is 4.57 Å². The van der Waals surface area contributed by atoms with Crippen molar-refractivity contribution in [3.05, 3.63) is 16.6 Å². The first-order valence-electron chi connectivity index (χ1n) is 5.57. The summed E-state index contributed by atoms with van der Waals surface area (Å²) in [5, 5.41) is 1.22. The Bertz CT molecular complexity index is 279. The predicted molar refractivity (Wildman–Crippen MR) is 63.3 cm³/mol. The van der Waals surface area contributed by atoms with E-state index in [2.05, 4.69) is 20.2 Å². The molecule has 86 valence electrons. The number of unbranched alkanes of at least 4 members (excludes halogenated alkanes) is 2. The van der Waals surface area contributed by atoms with E-state index in [0.717, 1.165) is 38.8 Å². The summed E-state index contributed by atoms with van der Waals surface area (Å²) in [5.74, 6) is 0. The van der Waals surface area contributed by atoms with Crippen LogP contribution in [0.5, 0.6) is 0 Å². The van der Waals surface area contributed by atoms with Crippen LogP contribution in [0.2, 0.25) is 10.3 Å². The number of aromatic nitrogens is 2. The molecule has 1 rings (SSSR count). The third-order valence-electron chi connectivity index (χ3n) is 2.36. The van der Waals surface area contributed by atoms with E-state index in [1.165, 1.54) is 0 Å². The average Bonchev–Trinajstić information content (AvgIpc) is 2.51. The van der Waals surface area contributed by atoms with Gasteiger partial charge in [-0.3, -0.25) is 0 Å². The monoisotopic (exact) mass is 248 g/mol. The standard InChI is InChI=1S/C11H18Cl2N2/c1-3-5-7-14-9-15(8-6-4-2)11(13)10(14)12/h3-8H2,1-2H3. The molecule has 0 aliphatic heterocycles. The highest BCUT2D eigenvalue weighted by Gasteiger charge is 2.08. The molecule has 0 unspecified atom stereocenters. The average molecular weight is 249 g/mol. The topological polar surface area (TPSA) is 8.81 Å². The van der Waals surface area contributed by atoms with E-state index >= 15 is 0 Å². The second kappa shape index (κ2) is 6.39. The highest BCUT2D eigenvalue weighted by molar-refractivity contribution is 6.39. The Kier molecular flexibility index (Phi) is 5.48. The maximum absolute atomic E-state index is 6.11. The van der Waals surface area contributed by atoms with E-state index in [1.54, 1.807) is 0 Å². The van der Waals surface area contributed by atoms with Gasteiger partial charge >= 0.3 is 0 Å². The van der Waals surface area contributed by atoms with Gasteiger partial charge < -0.3 is 9.13 Å². The first-order valence-corrected chi connectivity index (χ1v) is 6.32. The quantitative estimate of drug-likeness (QED) is 0.539. The zero-order chi connectivity index (χ0) is 11.3. The van der Waals surface area contributed by atoms with Crippen molar-refractivity contribution in [3.8, 4) is 0 Å². The predicted octanol–water partition coefficient (Wildman–Crippen LogP) is 3.48. The van der Waals surface area contributed by atoms with E-state index in [-0.39, 0.29) is 0 Å². The summed E-state index contributed by atoms with van der Waals surface area (Å²) < 4.78 is 3.81. The van der Waals surface area contributed by atoms with Gasteiger partial charge in [-0.15, -0.1) is 23.2 Å². The largest absolute Gasteiger partial charge is 0.334 e. The molecule has 0 N–H and O–H groups in total. The molecular weight excluding hydrogens is 231 g/mol. The molecule has 0 radical (unpaired) electrons. The zero-order valence-electron chi connectivity index (χ0n) is 9.39. The third-order valence-corrected chi connectivity index (χ3v) is 3.22. The SMILES string of the molecule is CCCCn1[c-][n+](CCCC)c(Cl)c1Cl. The number of imidazole rings is 1. The first-order chi connectivity index (χ1) is 7.20. The molecule has 1 aromatic rings. The normalized spacial score (nSPS) is 10.9. The highest BCUT2D eigenvalue weighted by atomic mass is 35.5. The Hall–Kier alpha value is -0.210. The third kappa shape index (κ3) is 3.39. The molecule has 0 bridgehead atoms. The van der Waals surface area contributed by atoms with Crippen molar-refractivity contribution in [2.24, 2.45) is 0 Å². The van der Waals surface area contributed by atoms with Gasteiger partial charge in [0, 0.05) is 0 Å². The van der Waals surface area contributed by atoms with Gasteiger partial charge in [-0.2, -0.15) is 0 Å². The molecular formula is C11H18Cl2N2. The van der Waals surface area contributed by atoms with Crippen LogP contribution in [0, 0.1) is 6.33 Å². The smallest absolute Gasteiger partial charge is 0.206 e. The van der Waals surface area contributed by atoms with Crippen LogP contribution in [0.3, 0.4) is 0 Å². The fourth-order valence-corrected chi connectivity index (χ4v) is 1.83. The van der Waals surface area contributed by atoms with Crippen LogP contribution in [0.15, 0.2) is 0 Å². The fraction of sp³-hybridized carbons (Fsp3) is 0.727. The Balaban J connectivity index is 2.72. The zero-order valence-corrected chi connectivity index (χ0v) is 10.9. The lowest BCUT2D eigenvalue weighted by atomic mass is 10.3. The Morgan fingerprint density at radius 2 is 1.87 bits per heavy atom. The summed E-state index contributed by atoms with van der Waals surface area (Å²) in [5.41, 5.74) is 0. The summed E-state index contributed by atoms with van der Waals surface area (Å²) in [6.07, 6.45) is 7.70. The molecule has 1 heterocycles. The Morgan fingerprint density at radius 1 is 1.20 bits per heavy atom. The Morgan fingerprint density at radius 3 is 2.47 bits per heavy atom. The van der Waals surface area contributed by atoms with Crippen molar-refractivity contribution in [2.75, 3.05) is 0 Å². The van der Waals surface area contributed by atoms with E-state index in [9.17, 15) is 0 Å². The summed E-state index contributed by atoms with van der Waals surface area (Å²) in [6.45, 7) is 6.11. The van der Waals surface area contributed by atoms with Gasteiger partial charge in [0.05, 0.1) is 23.4 Å². The van der Waals surface area contributed by atoms with Crippen molar-refractivity contribution in [1.82, 2.24) is 4.57 Å². The van der Waals surface area contributed by atoms with Crippen LogP contribution in [0.25, 0.3) is 0 Å². The van der Waals surface area contributed by atoms with E-state index < -0.39 is 0 Å². The van der Waals surface area contributed by atoms with Crippen molar-refractivity contribution in [2.45, 2.75) is 52.6 Å². The molecule has 0 atom stereocenters. The maximum atomic E-state index is 6.11. The molecule has 0 saturated heterocycles. The van der Waals surface area contributed by atoms with Crippen molar-refractivity contribution >= 4 is 23.2 Å². The lowest BCUT2D eigenvalue weighted by molar-refractivity contribution is -0.698. The van der Waals surface area contributed by atoms with Crippen LogP contribution >= 0.6 is 23.2 Å². The summed E-state index contributed by atoms with van der Waals surface area (Å²) in [7, 11) is 0. The molecule has 1 aromatic heterocycles. The van der Waals surface area contributed by atoms with Gasteiger partial charge in [-0.1, -0.05) is 26.7 Å². The lowest BCUT2D eigenvalue weighted by Gasteiger charge is -2.00. The molecule has 15 heavy (non-hydrogen) atoms. The van der Waals surface area contributed by atoms with Gasteiger partial charge in [-0.05, 0) is 12.8 Å². The second-order valence-corrected chi connectivity index (χ2v) is 4.41. The van der Waals surface area contributed by atoms with Gasteiger partial charge in [0.25, 0.3) is 0 Å². The molecule has 0 fully saturated rings. The van der Waals surface area contributed by atoms with Crippen LogP contribution in [0.4, 0.5) is 0 Å². The molecule has 0 aliphatic carbocycles. The van der Waals surface area contributed by atoms with E-state index in [1.807, 2.05) is 9.13 Å². The molecule has 0 spiro atoms. The molecule has 2 nitrogen and oxygen atoms in total. The number of hydrogen-bond donors (Lipinski definition) is 0. The molecule has 4 heteroatoms. The fourth-order valence-electron chi connectivity index (χ4n) is 1.39. The Labute approximate surface area is 102 Å². The van der Waals surface area contributed by atoms with Crippen LogP contribution in [0.1, 0.15) is 39.5 Å². The minimum atomic E-state index is 0.612. The molecule has 0 amide bonds. The van der Waals surface area contributed by atoms with Crippen molar-refractivity contribution in [3.63, 3.8) is 0 Å². The molecule has 0 aliphatic rings. The minimum Gasteiger partial charge on any atom is -0.334 e. The van der Waals surface area contributed by atoms with E-state index in [4.69, 9.17) is 23.2 Å². The number of hydrogen-bond acceptors (Lipinski definition) is 0. The first kappa shape index (κ1) is 12.9. The van der Waals surface area contributed by atoms with Crippen LogP contribution in [-0.2, 0) is 13.1 Å². The summed E-state index contributed by atoms with van der Waals surface area (Å²) >= 11 is 12.2. The number of nitrogens with zero attached hydrogens (tertiary/aromatic N) is 2. The van der Waals surface area contributed by atoms with Crippen molar-refractivity contribution < 1.29 is 4.57 Å².